The molecule has 6 heteroatoms. The van der Waals surface area contributed by atoms with Crippen LogP contribution in [0.15, 0.2) is 28.7 Å². The van der Waals surface area contributed by atoms with Crippen molar-refractivity contribution in [1.82, 2.24) is 15.2 Å². The van der Waals surface area contributed by atoms with Crippen molar-refractivity contribution in [2.75, 3.05) is 7.11 Å². The number of aromatic amines is 1. The molecule has 6 nitrogen and oxygen atoms in total. The van der Waals surface area contributed by atoms with Crippen LogP contribution >= 0.6 is 0 Å². The molecule has 0 atom stereocenters. The Balaban J connectivity index is 2.02. The van der Waals surface area contributed by atoms with E-state index in [1.54, 1.807) is 7.11 Å². The summed E-state index contributed by atoms with van der Waals surface area (Å²) in [7, 11) is 1.61. The summed E-state index contributed by atoms with van der Waals surface area (Å²) < 4.78 is 10.8. The number of carbonyl (C=O) groups is 1. The van der Waals surface area contributed by atoms with Gasteiger partial charge in [0.25, 0.3) is 5.89 Å². The smallest absolute Gasteiger partial charge is 0.250 e. The fourth-order valence-corrected chi connectivity index (χ4v) is 2.40. The Bertz CT molecular complexity index is 816. The first-order valence-corrected chi connectivity index (χ1v) is 6.76. The minimum Gasteiger partial charge on any atom is -0.497 e. The third-order valence-corrected chi connectivity index (χ3v) is 3.52. The lowest BCUT2D eigenvalue weighted by molar-refractivity contribution is 0.112. The van der Waals surface area contributed by atoms with Gasteiger partial charge in [0.05, 0.1) is 12.7 Å². The average Bonchev–Trinajstić information content (AvgIpc) is 3.11. The van der Waals surface area contributed by atoms with Gasteiger partial charge in [-0.3, -0.25) is 4.79 Å². The number of benzene rings is 1. The number of aryl methyl sites for hydroxylation is 2. The van der Waals surface area contributed by atoms with Gasteiger partial charge in [-0.25, -0.2) is 0 Å². The summed E-state index contributed by atoms with van der Waals surface area (Å²) in [5.74, 6) is 1.48. The molecule has 0 fully saturated rings. The van der Waals surface area contributed by atoms with Crippen LogP contribution in [0, 0.1) is 13.8 Å². The van der Waals surface area contributed by atoms with Crippen LogP contribution in [0.1, 0.15) is 21.7 Å². The van der Waals surface area contributed by atoms with E-state index in [-0.39, 0.29) is 0 Å². The lowest BCUT2D eigenvalue weighted by Gasteiger charge is -1.99. The number of carbonyl (C=O) groups excluding carboxylic acids is 1. The first kappa shape index (κ1) is 14.1. The van der Waals surface area contributed by atoms with Crippen molar-refractivity contribution in [3.8, 4) is 28.7 Å². The summed E-state index contributed by atoms with van der Waals surface area (Å²) in [6, 6.07) is 7.32. The molecule has 0 saturated carbocycles. The Morgan fingerprint density at radius 1 is 1.09 bits per heavy atom. The van der Waals surface area contributed by atoms with E-state index in [1.165, 1.54) is 0 Å². The molecule has 0 unspecified atom stereocenters. The van der Waals surface area contributed by atoms with Crippen LogP contribution in [0.2, 0.25) is 0 Å². The number of hydrogen-bond acceptors (Lipinski definition) is 5. The highest BCUT2D eigenvalue weighted by atomic mass is 16.5. The van der Waals surface area contributed by atoms with Gasteiger partial charge in [0.2, 0.25) is 5.89 Å². The van der Waals surface area contributed by atoms with Gasteiger partial charge in [-0.15, -0.1) is 10.2 Å². The highest BCUT2D eigenvalue weighted by Crippen LogP contribution is 2.30. The first-order chi connectivity index (χ1) is 10.6. The third kappa shape index (κ3) is 2.28. The summed E-state index contributed by atoms with van der Waals surface area (Å²) in [6.45, 7) is 3.70. The van der Waals surface area contributed by atoms with Gasteiger partial charge in [-0.2, -0.15) is 0 Å². The Labute approximate surface area is 127 Å². The van der Waals surface area contributed by atoms with Crippen molar-refractivity contribution in [2.24, 2.45) is 0 Å². The molecule has 0 amide bonds. The van der Waals surface area contributed by atoms with Gasteiger partial charge < -0.3 is 14.1 Å². The maximum Gasteiger partial charge on any atom is 0.250 e. The van der Waals surface area contributed by atoms with Gasteiger partial charge in [0, 0.05) is 22.5 Å². The van der Waals surface area contributed by atoms with Crippen LogP contribution in [0.5, 0.6) is 5.75 Å². The summed E-state index contributed by atoms with van der Waals surface area (Å²) >= 11 is 0. The molecule has 2 aromatic heterocycles. The highest BCUT2D eigenvalue weighted by Gasteiger charge is 2.19. The van der Waals surface area contributed by atoms with Gasteiger partial charge in [0.15, 0.2) is 6.29 Å². The minimum atomic E-state index is 0.328. The maximum absolute atomic E-state index is 11.3. The van der Waals surface area contributed by atoms with E-state index in [4.69, 9.17) is 9.15 Å². The number of hydrogen-bond donors (Lipinski definition) is 1. The quantitative estimate of drug-likeness (QED) is 0.748. The van der Waals surface area contributed by atoms with Crippen LogP contribution < -0.4 is 4.74 Å². The van der Waals surface area contributed by atoms with E-state index in [1.807, 2.05) is 38.1 Å². The number of methoxy groups -OCH3 is 1. The summed E-state index contributed by atoms with van der Waals surface area (Å²) in [5.41, 5.74) is 3.59. The molecule has 2 heterocycles. The Kier molecular flexibility index (Phi) is 3.50. The van der Waals surface area contributed by atoms with Crippen LogP contribution in [-0.2, 0) is 0 Å². The molecule has 0 aliphatic carbocycles. The topological polar surface area (TPSA) is 81.0 Å². The number of rotatable bonds is 4. The molecule has 0 saturated heterocycles. The van der Waals surface area contributed by atoms with Gasteiger partial charge >= 0.3 is 0 Å². The van der Waals surface area contributed by atoms with Crippen molar-refractivity contribution in [3.63, 3.8) is 0 Å². The first-order valence-electron chi connectivity index (χ1n) is 6.76. The molecular weight excluding hydrogens is 282 g/mol. The summed E-state index contributed by atoms with van der Waals surface area (Å²) in [6.07, 6.45) is 0.797. The molecule has 112 valence electrons. The molecule has 0 spiro atoms. The van der Waals surface area contributed by atoms with Gasteiger partial charge in [-0.1, -0.05) is 0 Å². The Morgan fingerprint density at radius 3 is 2.41 bits per heavy atom. The van der Waals surface area contributed by atoms with Crippen molar-refractivity contribution < 1.29 is 13.9 Å². The standard InChI is InChI=1S/C16H15N3O3/c1-9-13(8-20)14(10(2)17-9)16-19-18-15(22-16)11-4-6-12(21-3)7-5-11/h4-8,17H,1-3H3. The number of aromatic nitrogens is 3. The van der Waals surface area contributed by atoms with Crippen molar-refractivity contribution in [1.29, 1.82) is 0 Å². The summed E-state index contributed by atoms with van der Waals surface area (Å²) in [5, 5.41) is 8.12. The number of nitrogens with one attached hydrogen (secondary N) is 1. The molecule has 0 radical (unpaired) electrons. The van der Waals surface area contributed by atoms with Gasteiger partial charge in [-0.05, 0) is 38.1 Å². The fraction of sp³-hybridized carbons (Fsp3) is 0.188. The predicted octanol–water partition coefficient (Wildman–Crippen LogP) is 3.17. The molecule has 0 bridgehead atoms. The largest absolute Gasteiger partial charge is 0.497 e. The average molecular weight is 297 g/mol. The number of aldehydes is 1. The monoisotopic (exact) mass is 297 g/mol. The second-order valence-electron chi connectivity index (χ2n) is 4.92. The zero-order chi connectivity index (χ0) is 15.7. The molecule has 3 rings (SSSR count). The Hall–Kier alpha value is -2.89. The second kappa shape index (κ2) is 5.48. The van der Waals surface area contributed by atoms with Crippen molar-refractivity contribution in [3.05, 3.63) is 41.2 Å². The second-order valence-corrected chi connectivity index (χ2v) is 4.92. The van der Waals surface area contributed by atoms with E-state index in [9.17, 15) is 4.79 Å². The molecule has 3 aromatic rings. The highest BCUT2D eigenvalue weighted by molar-refractivity contribution is 5.88. The predicted molar refractivity (Wildman–Crippen MR) is 80.9 cm³/mol. The number of nitrogens with zero attached hydrogens (tertiary/aromatic N) is 2. The minimum absolute atomic E-state index is 0.328. The van der Waals surface area contributed by atoms with E-state index in [2.05, 4.69) is 15.2 Å². The van der Waals surface area contributed by atoms with Crippen LogP contribution in [0.3, 0.4) is 0 Å². The zero-order valence-electron chi connectivity index (χ0n) is 12.5. The SMILES string of the molecule is COc1ccc(-c2nnc(-c3c(C)[nH]c(C)c3C=O)o2)cc1. The summed E-state index contributed by atoms with van der Waals surface area (Å²) in [4.78, 5) is 14.4. The lowest BCUT2D eigenvalue weighted by Crippen LogP contribution is -1.86. The van der Waals surface area contributed by atoms with E-state index in [0.717, 1.165) is 29.0 Å². The number of H-pyrrole nitrogens is 1. The lowest BCUT2D eigenvalue weighted by atomic mass is 10.1. The van der Waals surface area contributed by atoms with E-state index < -0.39 is 0 Å². The normalized spacial score (nSPS) is 10.7. The van der Waals surface area contributed by atoms with Crippen LogP contribution in [0.25, 0.3) is 22.9 Å². The molecule has 0 aliphatic heterocycles. The van der Waals surface area contributed by atoms with Crippen molar-refractivity contribution >= 4 is 6.29 Å². The van der Waals surface area contributed by atoms with Crippen molar-refractivity contribution in [2.45, 2.75) is 13.8 Å². The maximum atomic E-state index is 11.3. The molecule has 1 N–H and O–H groups in total. The van der Waals surface area contributed by atoms with Gasteiger partial charge in [0.1, 0.15) is 5.75 Å². The number of ether oxygens (including phenoxy) is 1. The van der Waals surface area contributed by atoms with Crippen LogP contribution in [0.4, 0.5) is 0 Å². The molecule has 0 aliphatic rings. The molecule has 1 aromatic carbocycles. The molecular formula is C16H15N3O3. The third-order valence-electron chi connectivity index (χ3n) is 3.52. The van der Waals surface area contributed by atoms with E-state index in [0.29, 0.717) is 22.9 Å². The van der Waals surface area contributed by atoms with E-state index >= 15 is 0 Å². The Morgan fingerprint density at radius 2 is 1.77 bits per heavy atom. The van der Waals surface area contributed by atoms with Crippen LogP contribution in [-0.4, -0.2) is 28.6 Å². The molecule has 22 heavy (non-hydrogen) atoms. The zero-order valence-corrected chi connectivity index (χ0v) is 12.5. The fourth-order valence-electron chi connectivity index (χ4n) is 2.40.